The Morgan fingerprint density at radius 2 is 2.40 bits per heavy atom. The Hall–Kier alpha value is -1.90. The summed E-state index contributed by atoms with van der Waals surface area (Å²) in [6, 6.07) is 4.17. The van der Waals surface area contributed by atoms with Crippen LogP contribution in [0.1, 0.15) is 22.8 Å². The number of rotatable bonds is 1. The molecule has 20 heavy (non-hydrogen) atoms. The number of carbonyl (C=O) groups is 1. The summed E-state index contributed by atoms with van der Waals surface area (Å²) in [6.07, 6.45) is 0. The molecule has 1 aliphatic rings. The molecule has 0 radical (unpaired) electrons. The standard InChI is InChI=1S/C15H16FNO3/c1-11-10-20-8-6-17(11)15(19)13-5-4-12(3-2-7-18)14(16)9-13/h4-5,9,11,18H,6-8,10H2,1H3. The third-order valence-corrected chi connectivity index (χ3v) is 3.15. The van der Waals surface area contributed by atoms with E-state index in [9.17, 15) is 9.18 Å². The van der Waals surface area contributed by atoms with Gasteiger partial charge in [-0.3, -0.25) is 4.79 Å². The summed E-state index contributed by atoms with van der Waals surface area (Å²) in [5.74, 6) is 4.11. The van der Waals surface area contributed by atoms with Crippen LogP contribution in [-0.2, 0) is 4.74 Å². The molecular weight excluding hydrogens is 261 g/mol. The molecule has 1 unspecified atom stereocenters. The maximum Gasteiger partial charge on any atom is 0.254 e. The number of benzene rings is 1. The molecule has 0 spiro atoms. The van der Waals surface area contributed by atoms with E-state index in [1.807, 2.05) is 6.92 Å². The highest BCUT2D eigenvalue weighted by Crippen LogP contribution is 2.15. The van der Waals surface area contributed by atoms with Crippen molar-refractivity contribution in [1.82, 2.24) is 4.90 Å². The second-order valence-electron chi connectivity index (χ2n) is 4.58. The highest BCUT2D eigenvalue weighted by molar-refractivity contribution is 5.94. The Morgan fingerprint density at radius 3 is 3.05 bits per heavy atom. The Kier molecular flexibility index (Phi) is 4.72. The van der Waals surface area contributed by atoms with Crippen LogP contribution in [0.3, 0.4) is 0 Å². The van der Waals surface area contributed by atoms with Gasteiger partial charge in [-0.2, -0.15) is 0 Å². The van der Waals surface area contributed by atoms with E-state index < -0.39 is 5.82 Å². The average Bonchev–Trinajstić information content (AvgIpc) is 2.46. The minimum atomic E-state index is -0.558. The van der Waals surface area contributed by atoms with Gasteiger partial charge in [0.05, 0.1) is 24.8 Å². The second-order valence-corrected chi connectivity index (χ2v) is 4.58. The van der Waals surface area contributed by atoms with Crippen molar-refractivity contribution in [2.75, 3.05) is 26.4 Å². The monoisotopic (exact) mass is 277 g/mol. The summed E-state index contributed by atoms with van der Waals surface area (Å²) in [5, 5.41) is 8.59. The largest absolute Gasteiger partial charge is 0.384 e. The van der Waals surface area contributed by atoms with Crippen LogP contribution < -0.4 is 0 Å². The van der Waals surface area contributed by atoms with Crippen molar-refractivity contribution in [1.29, 1.82) is 0 Å². The molecule has 0 aliphatic carbocycles. The first kappa shape index (κ1) is 14.5. The predicted octanol–water partition coefficient (Wildman–Crippen LogP) is 1.03. The number of aliphatic hydroxyl groups excluding tert-OH is 1. The van der Waals surface area contributed by atoms with E-state index in [2.05, 4.69) is 11.8 Å². The number of halogens is 1. The molecule has 1 amide bonds. The fourth-order valence-electron chi connectivity index (χ4n) is 2.08. The van der Waals surface area contributed by atoms with Gasteiger partial charge in [0.15, 0.2) is 0 Å². The Labute approximate surface area is 117 Å². The maximum atomic E-state index is 13.8. The van der Waals surface area contributed by atoms with E-state index in [1.54, 1.807) is 11.0 Å². The highest BCUT2D eigenvalue weighted by Gasteiger charge is 2.25. The molecule has 0 saturated carbocycles. The number of aliphatic hydroxyl groups is 1. The van der Waals surface area contributed by atoms with Gasteiger partial charge in [-0.15, -0.1) is 0 Å². The van der Waals surface area contributed by atoms with Crippen LogP contribution in [0.25, 0.3) is 0 Å². The highest BCUT2D eigenvalue weighted by atomic mass is 19.1. The lowest BCUT2D eigenvalue weighted by Gasteiger charge is -2.33. The van der Waals surface area contributed by atoms with Crippen LogP contribution in [0.15, 0.2) is 18.2 Å². The lowest BCUT2D eigenvalue weighted by molar-refractivity contribution is 0.00357. The van der Waals surface area contributed by atoms with Crippen molar-refractivity contribution in [3.8, 4) is 11.8 Å². The smallest absolute Gasteiger partial charge is 0.254 e. The Balaban J connectivity index is 2.20. The van der Waals surface area contributed by atoms with Crippen molar-refractivity contribution in [3.63, 3.8) is 0 Å². The van der Waals surface area contributed by atoms with E-state index >= 15 is 0 Å². The van der Waals surface area contributed by atoms with Gasteiger partial charge >= 0.3 is 0 Å². The zero-order valence-electron chi connectivity index (χ0n) is 11.2. The SMILES string of the molecule is CC1COCCN1C(=O)c1ccc(C#CCO)c(F)c1. The van der Waals surface area contributed by atoms with E-state index in [0.29, 0.717) is 25.3 Å². The first-order chi connectivity index (χ1) is 9.63. The summed E-state index contributed by atoms with van der Waals surface area (Å²) in [6.45, 7) is 3.07. The minimum absolute atomic E-state index is 0.0202. The van der Waals surface area contributed by atoms with Gasteiger partial charge in [0.1, 0.15) is 12.4 Å². The molecule has 106 valence electrons. The van der Waals surface area contributed by atoms with Crippen molar-refractivity contribution in [3.05, 3.63) is 35.1 Å². The zero-order chi connectivity index (χ0) is 14.5. The molecule has 1 heterocycles. The molecule has 1 N–H and O–H groups in total. The third kappa shape index (κ3) is 3.16. The normalized spacial score (nSPS) is 18.4. The van der Waals surface area contributed by atoms with Crippen LogP contribution >= 0.6 is 0 Å². The lowest BCUT2D eigenvalue weighted by Crippen LogP contribution is -2.47. The summed E-state index contributed by atoms with van der Waals surface area (Å²) in [7, 11) is 0. The average molecular weight is 277 g/mol. The molecule has 2 rings (SSSR count). The van der Waals surface area contributed by atoms with Gasteiger partial charge in [-0.1, -0.05) is 11.8 Å². The summed E-state index contributed by atoms with van der Waals surface area (Å²) in [5.41, 5.74) is 0.469. The number of nitrogens with zero attached hydrogens (tertiary/aromatic N) is 1. The van der Waals surface area contributed by atoms with Crippen molar-refractivity contribution in [2.45, 2.75) is 13.0 Å². The molecule has 1 fully saturated rings. The van der Waals surface area contributed by atoms with Crippen molar-refractivity contribution in [2.24, 2.45) is 0 Å². The first-order valence-corrected chi connectivity index (χ1v) is 6.41. The molecule has 5 heteroatoms. The maximum absolute atomic E-state index is 13.8. The van der Waals surface area contributed by atoms with Crippen LogP contribution in [0.4, 0.5) is 4.39 Å². The van der Waals surface area contributed by atoms with E-state index in [-0.39, 0.29) is 24.1 Å². The van der Waals surface area contributed by atoms with Gasteiger partial charge < -0.3 is 14.7 Å². The van der Waals surface area contributed by atoms with Crippen LogP contribution in [0.5, 0.6) is 0 Å². The number of carbonyl (C=O) groups excluding carboxylic acids is 1. The van der Waals surface area contributed by atoms with Gasteiger partial charge in [-0.25, -0.2) is 4.39 Å². The van der Waals surface area contributed by atoms with Crippen LogP contribution in [0, 0.1) is 17.7 Å². The predicted molar refractivity (Wildman–Crippen MR) is 71.7 cm³/mol. The third-order valence-electron chi connectivity index (χ3n) is 3.15. The molecule has 1 saturated heterocycles. The van der Waals surface area contributed by atoms with E-state index in [0.717, 1.165) is 0 Å². The van der Waals surface area contributed by atoms with Gasteiger partial charge in [0.25, 0.3) is 5.91 Å². The number of morpholine rings is 1. The fraction of sp³-hybridized carbons (Fsp3) is 0.400. The van der Waals surface area contributed by atoms with Gasteiger partial charge in [0.2, 0.25) is 0 Å². The molecule has 1 aromatic rings. The fourth-order valence-corrected chi connectivity index (χ4v) is 2.08. The van der Waals surface area contributed by atoms with Crippen molar-refractivity contribution >= 4 is 5.91 Å². The van der Waals surface area contributed by atoms with E-state index in [1.165, 1.54) is 12.1 Å². The molecule has 1 aliphatic heterocycles. The molecule has 0 bridgehead atoms. The summed E-state index contributed by atoms with van der Waals surface area (Å²) >= 11 is 0. The van der Waals surface area contributed by atoms with Crippen molar-refractivity contribution < 1.29 is 19.0 Å². The van der Waals surface area contributed by atoms with Gasteiger partial charge in [0, 0.05) is 12.1 Å². The van der Waals surface area contributed by atoms with Crippen LogP contribution in [-0.4, -0.2) is 48.3 Å². The minimum Gasteiger partial charge on any atom is -0.384 e. The summed E-state index contributed by atoms with van der Waals surface area (Å²) in [4.78, 5) is 14.0. The Morgan fingerprint density at radius 1 is 1.60 bits per heavy atom. The number of amides is 1. The molecule has 4 nitrogen and oxygen atoms in total. The molecule has 1 atom stereocenters. The number of hydrogen-bond acceptors (Lipinski definition) is 3. The van der Waals surface area contributed by atoms with E-state index in [4.69, 9.17) is 9.84 Å². The second kappa shape index (κ2) is 6.51. The zero-order valence-corrected chi connectivity index (χ0v) is 11.2. The number of ether oxygens (including phenoxy) is 1. The molecule has 0 aromatic heterocycles. The topological polar surface area (TPSA) is 49.8 Å². The first-order valence-electron chi connectivity index (χ1n) is 6.41. The number of hydrogen-bond donors (Lipinski definition) is 1. The quantitative estimate of drug-likeness (QED) is 0.780. The molecular formula is C15H16FNO3. The summed E-state index contributed by atoms with van der Waals surface area (Å²) < 4.78 is 19.1. The Bertz CT molecular complexity index is 562. The van der Waals surface area contributed by atoms with Crippen LogP contribution in [0.2, 0.25) is 0 Å². The molecule has 1 aromatic carbocycles. The van der Waals surface area contributed by atoms with Gasteiger partial charge in [-0.05, 0) is 25.1 Å². The lowest BCUT2D eigenvalue weighted by atomic mass is 10.1.